The highest BCUT2D eigenvalue weighted by Crippen LogP contribution is 2.10. The molecule has 0 aliphatic rings. The van der Waals surface area contributed by atoms with Crippen LogP contribution in [0.3, 0.4) is 0 Å². The number of rotatable bonds is 0. The minimum Gasteiger partial charge on any atom is -0.452 e. The van der Waals surface area contributed by atoms with Gasteiger partial charge in [-0.25, -0.2) is 0 Å². The number of furan rings is 1. The zero-order valence-electron chi connectivity index (χ0n) is 4.64. The zero-order chi connectivity index (χ0) is 6.10. The monoisotopic (exact) mass is 115 g/mol. The molecule has 2 aromatic rings. The Morgan fingerprint density at radius 3 is 3.33 bits per heavy atom. The average Bonchev–Trinajstić information content (AvgIpc) is 2.33. The van der Waals surface area contributed by atoms with Crippen LogP contribution in [0.2, 0.25) is 0 Å². The number of hydrogen-bond acceptors (Lipinski definition) is 1. The van der Waals surface area contributed by atoms with E-state index in [-0.39, 0.29) is 0 Å². The van der Waals surface area contributed by atoms with Gasteiger partial charge in [-0.15, -0.1) is 0 Å². The molecule has 0 atom stereocenters. The molecular formula is C8H3O. The summed E-state index contributed by atoms with van der Waals surface area (Å²) in [6, 6.07) is 11.3. The standard InChI is InChI=1S/C8H3O/c1-2-4-8-7(3-1)5-6-9-8/h1-2,4H. The summed E-state index contributed by atoms with van der Waals surface area (Å²) in [4.78, 5) is 0. The lowest BCUT2D eigenvalue weighted by Crippen LogP contribution is -1.59. The summed E-state index contributed by atoms with van der Waals surface area (Å²) in [7, 11) is 0. The molecule has 0 saturated heterocycles. The van der Waals surface area contributed by atoms with E-state index in [2.05, 4.69) is 18.4 Å². The molecule has 0 fully saturated rings. The predicted molar refractivity (Wildman–Crippen MR) is 32.7 cm³/mol. The summed E-state index contributed by atoms with van der Waals surface area (Å²) >= 11 is 0. The van der Waals surface area contributed by atoms with Crippen LogP contribution in [0.5, 0.6) is 0 Å². The molecule has 1 aromatic carbocycles. The van der Waals surface area contributed by atoms with Gasteiger partial charge in [0.1, 0.15) is 5.58 Å². The van der Waals surface area contributed by atoms with E-state index < -0.39 is 0 Å². The lowest BCUT2D eigenvalue weighted by atomic mass is 10.3. The Kier molecular flexibility index (Phi) is 0.833. The predicted octanol–water partition coefficient (Wildman–Crippen LogP) is 1.83. The SMILES string of the molecule is [c]1[c]c2[c]cccc2o1. The van der Waals surface area contributed by atoms with Gasteiger partial charge in [0.2, 0.25) is 0 Å². The van der Waals surface area contributed by atoms with Gasteiger partial charge in [-0.1, -0.05) is 12.1 Å². The number of fused-ring (bicyclic) bond motifs is 1. The van der Waals surface area contributed by atoms with Gasteiger partial charge >= 0.3 is 0 Å². The Bertz CT molecular complexity index is 279. The van der Waals surface area contributed by atoms with Crippen molar-refractivity contribution in [3.05, 3.63) is 36.6 Å². The van der Waals surface area contributed by atoms with E-state index in [0.717, 1.165) is 11.0 Å². The highest BCUT2D eigenvalue weighted by Gasteiger charge is 1.91. The van der Waals surface area contributed by atoms with E-state index in [0.29, 0.717) is 0 Å². The first-order valence-corrected chi connectivity index (χ1v) is 2.65. The Morgan fingerprint density at radius 1 is 1.44 bits per heavy atom. The van der Waals surface area contributed by atoms with Crippen LogP contribution < -0.4 is 0 Å². The van der Waals surface area contributed by atoms with Crippen LogP contribution >= 0.6 is 0 Å². The van der Waals surface area contributed by atoms with Crippen LogP contribution in [0.15, 0.2) is 22.6 Å². The zero-order valence-corrected chi connectivity index (χ0v) is 4.64. The first kappa shape index (κ1) is 4.62. The molecule has 1 heterocycles. The van der Waals surface area contributed by atoms with Gasteiger partial charge in [0.15, 0.2) is 6.26 Å². The topological polar surface area (TPSA) is 13.1 Å². The van der Waals surface area contributed by atoms with E-state index in [4.69, 9.17) is 4.42 Å². The van der Waals surface area contributed by atoms with Crippen molar-refractivity contribution < 1.29 is 4.42 Å². The average molecular weight is 115 g/mol. The molecule has 41 valence electrons. The number of hydrogen-bond donors (Lipinski definition) is 0. The van der Waals surface area contributed by atoms with Crippen LogP contribution in [0.1, 0.15) is 0 Å². The van der Waals surface area contributed by atoms with E-state index in [9.17, 15) is 0 Å². The quantitative estimate of drug-likeness (QED) is 0.510. The molecule has 1 heteroatoms. The van der Waals surface area contributed by atoms with E-state index in [1.165, 1.54) is 0 Å². The first-order chi connectivity index (χ1) is 4.47. The van der Waals surface area contributed by atoms with Crippen molar-refractivity contribution in [1.29, 1.82) is 0 Å². The van der Waals surface area contributed by atoms with Gasteiger partial charge < -0.3 is 4.42 Å². The highest BCUT2D eigenvalue weighted by molar-refractivity contribution is 5.74. The molecular weight excluding hydrogens is 112 g/mol. The molecule has 1 aromatic heterocycles. The molecule has 3 radical (unpaired) electrons. The number of benzene rings is 1. The lowest BCUT2D eigenvalue weighted by molar-refractivity contribution is 0.605. The Morgan fingerprint density at radius 2 is 2.44 bits per heavy atom. The molecule has 1 nitrogen and oxygen atoms in total. The molecule has 2 rings (SSSR count). The second-order valence-electron chi connectivity index (χ2n) is 1.74. The van der Waals surface area contributed by atoms with Crippen LogP contribution in [-0.2, 0) is 0 Å². The summed E-state index contributed by atoms with van der Waals surface area (Å²) in [5, 5.41) is 0.859. The fraction of sp³-hybridized carbons (Fsp3) is 0. The van der Waals surface area contributed by atoms with Crippen LogP contribution in [0.4, 0.5) is 0 Å². The molecule has 0 aliphatic heterocycles. The van der Waals surface area contributed by atoms with E-state index in [1.54, 1.807) is 0 Å². The lowest BCUT2D eigenvalue weighted by Gasteiger charge is -1.80. The Balaban J connectivity index is 2.95. The molecule has 0 N–H and O–H groups in total. The summed E-state index contributed by atoms with van der Waals surface area (Å²) in [6.45, 7) is 0. The van der Waals surface area contributed by atoms with Crippen LogP contribution in [0, 0.1) is 18.4 Å². The first-order valence-electron chi connectivity index (χ1n) is 2.65. The molecule has 0 unspecified atom stereocenters. The van der Waals surface area contributed by atoms with Crippen molar-refractivity contribution in [2.45, 2.75) is 0 Å². The van der Waals surface area contributed by atoms with Gasteiger partial charge in [0, 0.05) is 11.5 Å². The molecule has 0 spiro atoms. The van der Waals surface area contributed by atoms with Gasteiger partial charge in [-0.05, 0) is 12.1 Å². The van der Waals surface area contributed by atoms with Gasteiger partial charge in [0.05, 0.1) is 0 Å². The summed E-state index contributed by atoms with van der Waals surface area (Å²) in [5.41, 5.74) is 0.789. The van der Waals surface area contributed by atoms with Crippen molar-refractivity contribution in [3.63, 3.8) is 0 Å². The Hall–Kier alpha value is -1.24. The Labute approximate surface area is 52.9 Å². The summed E-state index contributed by atoms with van der Waals surface area (Å²) in [5.74, 6) is 0. The maximum atomic E-state index is 4.91. The van der Waals surface area contributed by atoms with Crippen LogP contribution in [-0.4, -0.2) is 0 Å². The summed E-state index contributed by atoms with van der Waals surface area (Å²) < 4.78 is 4.91. The second kappa shape index (κ2) is 1.62. The fourth-order valence-electron chi connectivity index (χ4n) is 0.736. The van der Waals surface area contributed by atoms with Crippen molar-refractivity contribution in [1.82, 2.24) is 0 Å². The summed E-state index contributed by atoms with van der Waals surface area (Å²) in [6.07, 6.45) is 2.51. The van der Waals surface area contributed by atoms with Crippen molar-refractivity contribution in [2.75, 3.05) is 0 Å². The molecule has 0 amide bonds. The maximum absolute atomic E-state index is 4.91. The van der Waals surface area contributed by atoms with Crippen molar-refractivity contribution in [2.24, 2.45) is 0 Å². The third-order valence-electron chi connectivity index (χ3n) is 1.15. The maximum Gasteiger partial charge on any atom is 0.179 e. The normalized spacial score (nSPS) is 10.2. The highest BCUT2D eigenvalue weighted by atomic mass is 16.3. The van der Waals surface area contributed by atoms with Crippen molar-refractivity contribution in [3.8, 4) is 0 Å². The van der Waals surface area contributed by atoms with Gasteiger partial charge in [-0.2, -0.15) is 0 Å². The third-order valence-corrected chi connectivity index (χ3v) is 1.15. The van der Waals surface area contributed by atoms with Gasteiger partial charge in [-0.3, -0.25) is 0 Å². The largest absolute Gasteiger partial charge is 0.452 e. The minimum absolute atomic E-state index is 0.789. The molecule has 0 bridgehead atoms. The van der Waals surface area contributed by atoms with Gasteiger partial charge in [0.25, 0.3) is 0 Å². The third kappa shape index (κ3) is 0.617. The molecule has 0 saturated carbocycles. The minimum atomic E-state index is 0.789. The molecule has 0 aliphatic carbocycles. The van der Waals surface area contributed by atoms with E-state index >= 15 is 0 Å². The van der Waals surface area contributed by atoms with Crippen molar-refractivity contribution >= 4 is 11.0 Å². The molecule has 9 heavy (non-hydrogen) atoms. The smallest absolute Gasteiger partial charge is 0.179 e. The second-order valence-corrected chi connectivity index (χ2v) is 1.74. The van der Waals surface area contributed by atoms with E-state index in [1.807, 2.05) is 18.2 Å². The van der Waals surface area contributed by atoms with Crippen LogP contribution in [0.25, 0.3) is 11.0 Å². The fourth-order valence-corrected chi connectivity index (χ4v) is 0.736.